The number of likely N-dealkylation sites (tertiary alicyclic amines) is 1. The Morgan fingerprint density at radius 1 is 1.25 bits per heavy atom. The van der Waals surface area contributed by atoms with Crippen LogP contribution in [0, 0.1) is 5.92 Å². The zero-order valence-electron chi connectivity index (χ0n) is 12.8. The number of ether oxygens (including phenoxy) is 1. The SMILES string of the molecule is CCC(c1ccc(OC)cc1)N1CCC(CCN)CC1. The first-order valence-electron chi connectivity index (χ1n) is 7.86. The third-order valence-corrected chi connectivity index (χ3v) is 4.55. The van der Waals surface area contributed by atoms with Gasteiger partial charge in [0.2, 0.25) is 0 Å². The van der Waals surface area contributed by atoms with Gasteiger partial charge in [0.15, 0.2) is 0 Å². The van der Waals surface area contributed by atoms with E-state index in [1.807, 2.05) is 0 Å². The van der Waals surface area contributed by atoms with Crippen molar-refractivity contribution in [1.29, 1.82) is 0 Å². The van der Waals surface area contributed by atoms with E-state index in [0.717, 1.165) is 24.6 Å². The Balaban J connectivity index is 1.97. The number of methoxy groups -OCH3 is 1. The Kier molecular flexibility index (Phi) is 5.86. The molecule has 1 atom stereocenters. The van der Waals surface area contributed by atoms with E-state index in [1.54, 1.807) is 7.11 Å². The van der Waals surface area contributed by atoms with Crippen LogP contribution < -0.4 is 10.5 Å². The lowest BCUT2D eigenvalue weighted by Crippen LogP contribution is -2.37. The maximum absolute atomic E-state index is 5.67. The number of nitrogens with zero attached hydrogens (tertiary/aromatic N) is 1. The van der Waals surface area contributed by atoms with Crippen molar-refractivity contribution in [2.24, 2.45) is 11.7 Å². The van der Waals surface area contributed by atoms with E-state index in [0.29, 0.717) is 6.04 Å². The predicted octanol–water partition coefficient (Wildman–Crippen LogP) is 3.21. The van der Waals surface area contributed by atoms with E-state index in [2.05, 4.69) is 36.1 Å². The highest BCUT2D eigenvalue weighted by Crippen LogP contribution is 2.30. The average Bonchev–Trinajstić information content (AvgIpc) is 2.51. The summed E-state index contributed by atoms with van der Waals surface area (Å²) in [5.41, 5.74) is 7.08. The first kappa shape index (κ1) is 15.3. The van der Waals surface area contributed by atoms with Crippen molar-refractivity contribution in [2.45, 2.75) is 38.6 Å². The summed E-state index contributed by atoms with van der Waals surface area (Å²) < 4.78 is 5.24. The number of hydrogen-bond acceptors (Lipinski definition) is 3. The monoisotopic (exact) mass is 276 g/mol. The highest BCUT2D eigenvalue weighted by Gasteiger charge is 2.24. The van der Waals surface area contributed by atoms with Gasteiger partial charge in [0, 0.05) is 6.04 Å². The Labute approximate surface area is 123 Å². The Morgan fingerprint density at radius 2 is 1.90 bits per heavy atom. The maximum atomic E-state index is 5.67. The van der Waals surface area contributed by atoms with Gasteiger partial charge in [0.05, 0.1) is 7.11 Å². The molecular weight excluding hydrogens is 248 g/mol. The van der Waals surface area contributed by atoms with Gasteiger partial charge in [-0.2, -0.15) is 0 Å². The first-order chi connectivity index (χ1) is 9.78. The summed E-state index contributed by atoms with van der Waals surface area (Å²) in [6, 6.07) is 9.09. The van der Waals surface area contributed by atoms with Crippen LogP contribution in [0.25, 0.3) is 0 Å². The lowest BCUT2D eigenvalue weighted by atomic mass is 9.91. The summed E-state index contributed by atoms with van der Waals surface area (Å²) >= 11 is 0. The molecule has 1 aliphatic heterocycles. The van der Waals surface area contributed by atoms with Gasteiger partial charge in [0.1, 0.15) is 5.75 Å². The fourth-order valence-electron chi connectivity index (χ4n) is 3.32. The zero-order valence-corrected chi connectivity index (χ0v) is 12.8. The van der Waals surface area contributed by atoms with Gasteiger partial charge in [-0.25, -0.2) is 0 Å². The summed E-state index contributed by atoms with van der Waals surface area (Å²) in [5.74, 6) is 1.77. The summed E-state index contributed by atoms with van der Waals surface area (Å²) in [5, 5.41) is 0. The summed E-state index contributed by atoms with van der Waals surface area (Å²) in [6.07, 6.45) is 4.94. The lowest BCUT2D eigenvalue weighted by molar-refractivity contribution is 0.126. The highest BCUT2D eigenvalue weighted by molar-refractivity contribution is 5.29. The van der Waals surface area contributed by atoms with Crippen LogP contribution >= 0.6 is 0 Å². The second-order valence-corrected chi connectivity index (χ2v) is 5.75. The quantitative estimate of drug-likeness (QED) is 0.867. The molecule has 0 amide bonds. The molecule has 1 aromatic rings. The molecule has 20 heavy (non-hydrogen) atoms. The van der Waals surface area contributed by atoms with Gasteiger partial charge in [-0.3, -0.25) is 4.90 Å². The van der Waals surface area contributed by atoms with Crippen molar-refractivity contribution in [1.82, 2.24) is 4.90 Å². The van der Waals surface area contributed by atoms with E-state index >= 15 is 0 Å². The lowest BCUT2D eigenvalue weighted by Gasteiger charge is -2.37. The summed E-state index contributed by atoms with van der Waals surface area (Å²) in [6.45, 7) is 5.52. The van der Waals surface area contributed by atoms with Crippen molar-refractivity contribution >= 4 is 0 Å². The second kappa shape index (κ2) is 7.65. The predicted molar refractivity (Wildman–Crippen MR) is 84.0 cm³/mol. The van der Waals surface area contributed by atoms with E-state index in [1.165, 1.54) is 37.9 Å². The molecule has 1 aromatic carbocycles. The van der Waals surface area contributed by atoms with Gasteiger partial charge in [-0.05, 0) is 68.9 Å². The highest BCUT2D eigenvalue weighted by atomic mass is 16.5. The average molecular weight is 276 g/mol. The fourth-order valence-corrected chi connectivity index (χ4v) is 3.32. The molecule has 0 radical (unpaired) electrons. The molecule has 2 rings (SSSR count). The number of benzene rings is 1. The number of hydrogen-bond donors (Lipinski definition) is 1. The molecule has 0 aromatic heterocycles. The van der Waals surface area contributed by atoms with Gasteiger partial charge in [-0.1, -0.05) is 19.1 Å². The number of rotatable bonds is 6. The van der Waals surface area contributed by atoms with Gasteiger partial charge in [0.25, 0.3) is 0 Å². The van der Waals surface area contributed by atoms with E-state index in [-0.39, 0.29) is 0 Å². The fraction of sp³-hybridized carbons (Fsp3) is 0.647. The van der Waals surface area contributed by atoms with Crippen molar-refractivity contribution in [2.75, 3.05) is 26.7 Å². The molecule has 3 nitrogen and oxygen atoms in total. The van der Waals surface area contributed by atoms with Crippen LogP contribution in [-0.4, -0.2) is 31.6 Å². The van der Waals surface area contributed by atoms with Crippen LogP contribution in [0.4, 0.5) is 0 Å². The second-order valence-electron chi connectivity index (χ2n) is 5.75. The molecule has 112 valence electrons. The third-order valence-electron chi connectivity index (χ3n) is 4.55. The largest absolute Gasteiger partial charge is 0.497 e. The van der Waals surface area contributed by atoms with Crippen LogP contribution in [0.15, 0.2) is 24.3 Å². The molecule has 0 bridgehead atoms. The molecule has 0 aliphatic carbocycles. The Morgan fingerprint density at radius 3 is 2.40 bits per heavy atom. The first-order valence-corrected chi connectivity index (χ1v) is 7.86. The summed E-state index contributed by atoms with van der Waals surface area (Å²) in [4.78, 5) is 2.63. The van der Waals surface area contributed by atoms with Crippen LogP contribution in [0.5, 0.6) is 5.75 Å². The molecule has 3 heteroatoms. The Hall–Kier alpha value is -1.06. The minimum atomic E-state index is 0.541. The zero-order chi connectivity index (χ0) is 14.4. The topological polar surface area (TPSA) is 38.5 Å². The minimum absolute atomic E-state index is 0.541. The Bertz CT molecular complexity index is 382. The van der Waals surface area contributed by atoms with Crippen LogP contribution in [0.2, 0.25) is 0 Å². The smallest absolute Gasteiger partial charge is 0.118 e. The molecule has 2 N–H and O–H groups in total. The van der Waals surface area contributed by atoms with Gasteiger partial charge in [-0.15, -0.1) is 0 Å². The van der Waals surface area contributed by atoms with E-state index < -0.39 is 0 Å². The third kappa shape index (κ3) is 3.74. The molecule has 1 unspecified atom stereocenters. The van der Waals surface area contributed by atoms with Crippen LogP contribution in [-0.2, 0) is 0 Å². The van der Waals surface area contributed by atoms with Gasteiger partial charge >= 0.3 is 0 Å². The van der Waals surface area contributed by atoms with Crippen LogP contribution in [0.1, 0.15) is 44.2 Å². The normalized spacial score (nSPS) is 18.9. The van der Waals surface area contributed by atoms with Crippen LogP contribution in [0.3, 0.4) is 0 Å². The van der Waals surface area contributed by atoms with Crippen molar-refractivity contribution < 1.29 is 4.74 Å². The molecule has 1 aliphatic rings. The van der Waals surface area contributed by atoms with Crippen molar-refractivity contribution in [3.8, 4) is 5.75 Å². The minimum Gasteiger partial charge on any atom is -0.497 e. The van der Waals surface area contributed by atoms with Gasteiger partial charge < -0.3 is 10.5 Å². The summed E-state index contributed by atoms with van der Waals surface area (Å²) in [7, 11) is 1.72. The standard InChI is InChI=1S/C17H28N2O/c1-3-17(15-4-6-16(20-2)7-5-15)19-12-9-14(8-11-18)10-13-19/h4-7,14,17H,3,8-13,18H2,1-2H3. The van der Waals surface area contributed by atoms with E-state index in [9.17, 15) is 0 Å². The number of piperidine rings is 1. The van der Waals surface area contributed by atoms with E-state index in [4.69, 9.17) is 10.5 Å². The molecule has 0 saturated carbocycles. The molecule has 1 saturated heterocycles. The molecular formula is C17H28N2O. The van der Waals surface area contributed by atoms with Crippen molar-refractivity contribution in [3.63, 3.8) is 0 Å². The molecule has 0 spiro atoms. The maximum Gasteiger partial charge on any atom is 0.118 e. The molecule has 1 fully saturated rings. The number of nitrogens with two attached hydrogens (primary N) is 1. The molecule has 1 heterocycles. The van der Waals surface area contributed by atoms with Crippen molar-refractivity contribution in [3.05, 3.63) is 29.8 Å².